The molecule has 5 aromatic rings. The van der Waals surface area contributed by atoms with Crippen molar-refractivity contribution < 1.29 is 4.42 Å². The van der Waals surface area contributed by atoms with Crippen molar-refractivity contribution in [1.82, 2.24) is 4.98 Å². The zero-order valence-electron chi connectivity index (χ0n) is 14.0. The average Bonchev–Trinajstić information content (AvgIpc) is 2.93. The van der Waals surface area contributed by atoms with E-state index in [0.29, 0.717) is 0 Å². The molecule has 0 radical (unpaired) electrons. The molecular formula is C23H17NO. The molecule has 1 N–H and O–H groups in total. The summed E-state index contributed by atoms with van der Waals surface area (Å²) in [7, 11) is 0. The first-order valence-electron chi connectivity index (χ1n) is 8.45. The predicted octanol–water partition coefficient (Wildman–Crippen LogP) is 6.90. The van der Waals surface area contributed by atoms with Crippen molar-refractivity contribution in [3.63, 3.8) is 0 Å². The van der Waals surface area contributed by atoms with Gasteiger partial charge in [0.25, 0.3) is 0 Å². The minimum Gasteiger partial charge on any atom is -0.455 e. The zero-order chi connectivity index (χ0) is 17.0. The summed E-state index contributed by atoms with van der Waals surface area (Å²) in [4.78, 5) is 3.56. The standard InChI is InChI=1S/C23H17NO/c1-3-8-20-15(4-2)17-11-7-12-18-21(17)22-19(24-18)13-14-9-5-6-10-16(14)23(22)25-20/h3-13,24H,2H2,1H3/b8-3-. The van der Waals surface area contributed by atoms with Crippen LogP contribution in [-0.2, 0) is 0 Å². The second kappa shape index (κ2) is 5.12. The SMILES string of the molecule is C=Cc1c(/C=C\C)oc2c3ccccc3cc3[nH]c4cccc1c4c32. The third-order valence-corrected chi connectivity index (χ3v) is 4.88. The lowest BCUT2D eigenvalue weighted by Gasteiger charge is -2.02. The van der Waals surface area contributed by atoms with Crippen molar-refractivity contribution in [1.29, 1.82) is 0 Å². The number of nitrogens with one attached hydrogen (secondary N) is 1. The van der Waals surface area contributed by atoms with Gasteiger partial charge in [0.05, 0.1) is 10.9 Å². The summed E-state index contributed by atoms with van der Waals surface area (Å²) >= 11 is 0. The number of hydrogen-bond donors (Lipinski definition) is 1. The smallest absolute Gasteiger partial charge is 0.145 e. The maximum absolute atomic E-state index is 6.49. The van der Waals surface area contributed by atoms with Crippen LogP contribution in [0, 0.1) is 0 Å². The van der Waals surface area contributed by atoms with E-state index in [4.69, 9.17) is 4.42 Å². The molecule has 2 nitrogen and oxygen atoms in total. The van der Waals surface area contributed by atoms with Crippen LogP contribution in [0.4, 0.5) is 0 Å². The third kappa shape index (κ3) is 1.85. The minimum atomic E-state index is 0.832. The third-order valence-electron chi connectivity index (χ3n) is 4.88. The first-order chi connectivity index (χ1) is 12.3. The lowest BCUT2D eigenvalue weighted by Crippen LogP contribution is -1.79. The molecule has 2 aromatic heterocycles. The molecule has 0 atom stereocenters. The lowest BCUT2D eigenvalue weighted by atomic mass is 10.0. The molecule has 0 amide bonds. The van der Waals surface area contributed by atoms with E-state index in [0.717, 1.165) is 44.1 Å². The van der Waals surface area contributed by atoms with Crippen LogP contribution in [0.15, 0.2) is 65.6 Å². The van der Waals surface area contributed by atoms with Gasteiger partial charge in [-0.1, -0.05) is 55.1 Å². The van der Waals surface area contributed by atoms with Gasteiger partial charge in [0.2, 0.25) is 0 Å². The van der Waals surface area contributed by atoms with Crippen molar-refractivity contribution >= 4 is 55.7 Å². The number of H-pyrrole nitrogens is 1. The van der Waals surface area contributed by atoms with Crippen LogP contribution < -0.4 is 0 Å². The molecule has 0 unspecified atom stereocenters. The van der Waals surface area contributed by atoms with Crippen LogP contribution in [0.25, 0.3) is 55.7 Å². The van der Waals surface area contributed by atoms with Gasteiger partial charge < -0.3 is 9.40 Å². The number of rotatable bonds is 2. The molecule has 0 spiro atoms. The van der Waals surface area contributed by atoms with E-state index < -0.39 is 0 Å². The molecule has 0 fully saturated rings. The first kappa shape index (κ1) is 14.1. The summed E-state index contributed by atoms with van der Waals surface area (Å²) < 4.78 is 6.49. The predicted molar refractivity (Wildman–Crippen MR) is 108 cm³/mol. The highest BCUT2D eigenvalue weighted by Gasteiger charge is 2.17. The van der Waals surface area contributed by atoms with Crippen molar-refractivity contribution in [2.75, 3.05) is 0 Å². The monoisotopic (exact) mass is 323 g/mol. The Balaban J connectivity index is 2.23. The molecule has 0 aliphatic rings. The number of benzene rings is 3. The summed E-state index contributed by atoms with van der Waals surface area (Å²) in [5.41, 5.74) is 4.15. The first-order valence-corrected chi connectivity index (χ1v) is 8.45. The van der Waals surface area contributed by atoms with Crippen LogP contribution in [0.1, 0.15) is 18.2 Å². The lowest BCUT2D eigenvalue weighted by molar-refractivity contribution is 0.598. The Hall–Kier alpha value is -3.26. The molecule has 120 valence electrons. The fourth-order valence-electron chi connectivity index (χ4n) is 3.85. The molecule has 2 heterocycles. The summed E-state index contributed by atoms with van der Waals surface area (Å²) in [5, 5.41) is 5.79. The summed E-state index contributed by atoms with van der Waals surface area (Å²) in [6, 6.07) is 16.9. The van der Waals surface area contributed by atoms with Gasteiger partial charge in [0.1, 0.15) is 11.3 Å². The normalized spacial score (nSPS) is 12.2. The summed E-state index contributed by atoms with van der Waals surface area (Å²) in [5.74, 6) is 0.832. The van der Waals surface area contributed by atoms with Gasteiger partial charge in [0.15, 0.2) is 0 Å². The van der Waals surface area contributed by atoms with Gasteiger partial charge in [-0.25, -0.2) is 0 Å². The van der Waals surface area contributed by atoms with Gasteiger partial charge in [0, 0.05) is 21.9 Å². The zero-order valence-corrected chi connectivity index (χ0v) is 14.0. The van der Waals surface area contributed by atoms with Crippen LogP contribution in [0.3, 0.4) is 0 Å². The molecule has 5 rings (SSSR count). The number of aromatic nitrogens is 1. The number of allylic oxidation sites excluding steroid dienone is 1. The molecule has 0 bridgehead atoms. The van der Waals surface area contributed by atoms with Crippen LogP contribution in [0.5, 0.6) is 0 Å². The van der Waals surface area contributed by atoms with E-state index in [2.05, 4.69) is 60.1 Å². The van der Waals surface area contributed by atoms with E-state index in [9.17, 15) is 0 Å². The molecule has 0 aliphatic heterocycles. The number of fused-ring (bicyclic) bond motifs is 2. The quantitative estimate of drug-likeness (QED) is 0.376. The maximum Gasteiger partial charge on any atom is 0.145 e. The highest BCUT2D eigenvalue weighted by atomic mass is 16.3. The largest absolute Gasteiger partial charge is 0.455 e. The van der Waals surface area contributed by atoms with Crippen molar-refractivity contribution in [3.8, 4) is 0 Å². The van der Waals surface area contributed by atoms with Crippen LogP contribution in [-0.4, -0.2) is 4.98 Å². The van der Waals surface area contributed by atoms with Gasteiger partial charge in [-0.2, -0.15) is 0 Å². The highest BCUT2D eigenvalue weighted by molar-refractivity contribution is 6.27. The summed E-state index contributed by atoms with van der Waals surface area (Å²) in [6.45, 7) is 6.04. The molecule has 0 aliphatic carbocycles. The van der Waals surface area contributed by atoms with Gasteiger partial charge in [-0.05, 0) is 35.9 Å². The summed E-state index contributed by atoms with van der Waals surface area (Å²) in [6.07, 6.45) is 5.90. The number of aromatic amines is 1. The van der Waals surface area contributed by atoms with E-state index in [1.807, 2.05) is 25.2 Å². The molecular weight excluding hydrogens is 306 g/mol. The van der Waals surface area contributed by atoms with Gasteiger partial charge in [-0.3, -0.25) is 0 Å². The average molecular weight is 323 g/mol. The van der Waals surface area contributed by atoms with Crippen molar-refractivity contribution in [3.05, 3.63) is 72.5 Å². The van der Waals surface area contributed by atoms with Crippen LogP contribution in [0.2, 0.25) is 0 Å². The van der Waals surface area contributed by atoms with Crippen molar-refractivity contribution in [2.45, 2.75) is 6.92 Å². The maximum atomic E-state index is 6.49. The molecule has 3 aromatic carbocycles. The fraction of sp³-hybridized carbons (Fsp3) is 0.0435. The Morgan fingerprint density at radius 1 is 0.960 bits per heavy atom. The van der Waals surface area contributed by atoms with Crippen LogP contribution >= 0.6 is 0 Å². The van der Waals surface area contributed by atoms with Crippen molar-refractivity contribution in [2.24, 2.45) is 0 Å². The second-order valence-corrected chi connectivity index (χ2v) is 6.29. The second-order valence-electron chi connectivity index (χ2n) is 6.29. The van der Waals surface area contributed by atoms with E-state index in [-0.39, 0.29) is 0 Å². The topological polar surface area (TPSA) is 28.9 Å². The minimum absolute atomic E-state index is 0.832. The molecule has 2 heteroatoms. The highest BCUT2D eigenvalue weighted by Crippen LogP contribution is 2.40. The van der Waals surface area contributed by atoms with Gasteiger partial charge >= 0.3 is 0 Å². The van der Waals surface area contributed by atoms with Gasteiger partial charge in [-0.15, -0.1) is 0 Å². The Morgan fingerprint density at radius 2 is 1.80 bits per heavy atom. The van der Waals surface area contributed by atoms with E-state index in [1.165, 1.54) is 10.8 Å². The van der Waals surface area contributed by atoms with E-state index in [1.54, 1.807) is 0 Å². The Labute approximate surface area is 145 Å². The molecule has 25 heavy (non-hydrogen) atoms. The molecule has 0 saturated carbocycles. The van der Waals surface area contributed by atoms with E-state index >= 15 is 0 Å². The fourth-order valence-corrected chi connectivity index (χ4v) is 3.85. The Kier molecular flexibility index (Phi) is 2.89. The number of hydrogen-bond acceptors (Lipinski definition) is 1. The molecule has 0 saturated heterocycles. The Bertz CT molecular complexity index is 1310. The Morgan fingerprint density at radius 3 is 2.64 bits per heavy atom.